The average molecular weight is 502 g/mol. The van der Waals surface area contributed by atoms with E-state index in [1.165, 1.54) is 6.20 Å². The number of aryl methyl sites for hydroxylation is 1. The Labute approximate surface area is 210 Å². The lowest BCUT2D eigenvalue weighted by atomic mass is 10.1. The Morgan fingerprint density at radius 1 is 1.03 bits per heavy atom. The van der Waals surface area contributed by atoms with Crippen molar-refractivity contribution in [3.63, 3.8) is 0 Å². The Bertz CT molecular complexity index is 1500. The number of hydrogen-bond acceptors (Lipinski definition) is 4. The van der Waals surface area contributed by atoms with E-state index in [4.69, 9.17) is 0 Å². The lowest BCUT2D eigenvalue weighted by Gasteiger charge is -2.12. The van der Waals surface area contributed by atoms with Gasteiger partial charge in [0.15, 0.2) is 0 Å². The molecule has 5 rings (SSSR count). The van der Waals surface area contributed by atoms with Crippen LogP contribution in [0.5, 0.6) is 0 Å². The summed E-state index contributed by atoms with van der Waals surface area (Å²) >= 11 is 0. The van der Waals surface area contributed by atoms with E-state index in [-0.39, 0.29) is 22.3 Å². The molecule has 2 atom stereocenters. The van der Waals surface area contributed by atoms with Gasteiger partial charge in [0.05, 0.1) is 28.2 Å². The van der Waals surface area contributed by atoms with Crippen molar-refractivity contribution in [2.75, 3.05) is 4.72 Å². The predicted octanol–water partition coefficient (Wildman–Crippen LogP) is 5.59. The van der Waals surface area contributed by atoms with Crippen LogP contribution in [0, 0.1) is 0 Å². The zero-order valence-corrected chi connectivity index (χ0v) is 20.7. The van der Waals surface area contributed by atoms with Crippen molar-refractivity contribution >= 4 is 21.7 Å². The van der Waals surface area contributed by atoms with E-state index in [9.17, 15) is 18.3 Å². The number of aromatic nitrogens is 2. The van der Waals surface area contributed by atoms with Crippen LogP contribution in [-0.2, 0) is 16.4 Å². The van der Waals surface area contributed by atoms with E-state index in [1.54, 1.807) is 41.1 Å². The Morgan fingerprint density at radius 3 is 2.47 bits per heavy atom. The molecule has 3 aromatic carbocycles. The van der Waals surface area contributed by atoms with Crippen molar-refractivity contribution < 1.29 is 18.3 Å². The molecule has 1 fully saturated rings. The van der Waals surface area contributed by atoms with E-state index in [2.05, 4.69) is 28.9 Å². The summed E-state index contributed by atoms with van der Waals surface area (Å²) in [6.07, 6.45) is 4.08. The Morgan fingerprint density at radius 2 is 1.78 bits per heavy atom. The van der Waals surface area contributed by atoms with Crippen LogP contribution in [0.4, 0.5) is 5.69 Å². The summed E-state index contributed by atoms with van der Waals surface area (Å²) in [5.74, 6) is -0.793. The second-order valence-electron chi connectivity index (χ2n) is 9.07. The molecule has 184 valence electrons. The number of rotatable bonds is 9. The van der Waals surface area contributed by atoms with Crippen molar-refractivity contribution in [3.05, 3.63) is 107 Å². The summed E-state index contributed by atoms with van der Waals surface area (Å²) in [4.78, 5) is 12.2. The zero-order chi connectivity index (χ0) is 25.3. The van der Waals surface area contributed by atoms with Crippen molar-refractivity contribution in [2.45, 2.75) is 42.9 Å². The van der Waals surface area contributed by atoms with E-state index in [0.717, 1.165) is 30.4 Å². The lowest BCUT2D eigenvalue weighted by molar-refractivity contribution is 0.0695. The molecular weight excluding hydrogens is 474 g/mol. The highest BCUT2D eigenvalue weighted by Gasteiger charge is 2.44. The zero-order valence-electron chi connectivity index (χ0n) is 19.8. The van der Waals surface area contributed by atoms with Gasteiger partial charge in [-0.3, -0.25) is 4.72 Å². The first-order valence-electron chi connectivity index (χ1n) is 12.0. The fourth-order valence-corrected chi connectivity index (χ4v) is 5.74. The van der Waals surface area contributed by atoms with E-state index < -0.39 is 16.0 Å². The van der Waals surface area contributed by atoms with Gasteiger partial charge in [-0.2, -0.15) is 5.10 Å². The number of anilines is 1. The van der Waals surface area contributed by atoms with Gasteiger partial charge in [-0.25, -0.2) is 17.9 Å². The number of benzene rings is 3. The van der Waals surface area contributed by atoms with Crippen LogP contribution < -0.4 is 4.72 Å². The number of carboxylic acid groups (broad SMARTS) is 1. The Hall–Kier alpha value is -3.91. The molecule has 1 aliphatic rings. The molecule has 2 N–H and O–H groups in total. The van der Waals surface area contributed by atoms with E-state index in [1.807, 2.05) is 30.3 Å². The fraction of sp³-hybridized carbons (Fsp3) is 0.214. The second-order valence-corrected chi connectivity index (χ2v) is 10.8. The van der Waals surface area contributed by atoms with Crippen molar-refractivity contribution in [1.82, 2.24) is 9.78 Å². The maximum Gasteiger partial charge on any atom is 0.339 e. The third-order valence-electron chi connectivity index (χ3n) is 6.52. The van der Waals surface area contributed by atoms with Crippen molar-refractivity contribution in [2.24, 2.45) is 0 Å². The minimum Gasteiger partial charge on any atom is -0.478 e. The maximum atomic E-state index is 13.0. The topological polar surface area (TPSA) is 101 Å². The van der Waals surface area contributed by atoms with Gasteiger partial charge < -0.3 is 5.11 Å². The summed E-state index contributed by atoms with van der Waals surface area (Å²) < 4.78 is 30.2. The number of aromatic carboxylic acids is 1. The van der Waals surface area contributed by atoms with Gasteiger partial charge in [-0.1, -0.05) is 61.9 Å². The van der Waals surface area contributed by atoms with Crippen molar-refractivity contribution in [3.8, 4) is 5.69 Å². The standard InChI is InChI=1S/C28H27N3O4S/c1-2-7-19-12-14-23(15-13-19)36(34,35)30-21-10-6-11-22(16-21)31-27(26(18-29-31)28(32)33)25-17-24(25)20-8-4-3-5-9-20/h3-6,8-16,18,24-25,30H,2,7,17H2,1H3,(H,32,33)/t24-,25+/m1/s1. The molecule has 0 bridgehead atoms. The summed E-state index contributed by atoms with van der Waals surface area (Å²) in [5.41, 5.74) is 4.01. The lowest BCUT2D eigenvalue weighted by Crippen LogP contribution is -2.13. The summed E-state index contributed by atoms with van der Waals surface area (Å²) in [5, 5.41) is 14.2. The highest BCUT2D eigenvalue weighted by molar-refractivity contribution is 7.92. The maximum absolute atomic E-state index is 13.0. The number of nitrogens with zero attached hydrogens (tertiary/aromatic N) is 2. The normalized spacial score (nSPS) is 17.0. The third-order valence-corrected chi connectivity index (χ3v) is 7.92. The van der Waals surface area contributed by atoms with Crippen LogP contribution >= 0.6 is 0 Å². The van der Waals surface area contributed by atoms with E-state index in [0.29, 0.717) is 17.1 Å². The Kier molecular flexibility index (Phi) is 6.36. The van der Waals surface area contributed by atoms with Gasteiger partial charge in [0, 0.05) is 5.92 Å². The molecule has 7 nitrogen and oxygen atoms in total. The van der Waals surface area contributed by atoms with E-state index >= 15 is 0 Å². The molecule has 0 radical (unpaired) electrons. The number of nitrogens with one attached hydrogen (secondary N) is 1. The first-order valence-corrected chi connectivity index (χ1v) is 13.4. The fourth-order valence-electron chi connectivity index (χ4n) is 4.69. The molecule has 0 aliphatic heterocycles. The number of hydrogen-bond donors (Lipinski definition) is 2. The summed E-state index contributed by atoms with van der Waals surface area (Å²) in [6, 6.07) is 23.8. The van der Waals surface area contributed by atoms with Gasteiger partial charge in [-0.15, -0.1) is 0 Å². The number of carboxylic acids is 1. The van der Waals surface area contributed by atoms with Gasteiger partial charge >= 0.3 is 5.97 Å². The third kappa shape index (κ3) is 4.77. The average Bonchev–Trinajstić information content (AvgIpc) is 3.54. The van der Waals surface area contributed by atoms with Gasteiger partial charge in [0.2, 0.25) is 0 Å². The quantitative estimate of drug-likeness (QED) is 0.311. The minimum atomic E-state index is -3.78. The molecule has 8 heteroatoms. The van der Waals surface area contributed by atoms with Gasteiger partial charge in [0.25, 0.3) is 10.0 Å². The van der Waals surface area contributed by atoms with Crippen LogP contribution in [0.25, 0.3) is 5.69 Å². The monoisotopic (exact) mass is 501 g/mol. The molecule has 0 saturated heterocycles. The molecule has 0 amide bonds. The summed E-state index contributed by atoms with van der Waals surface area (Å²) in [7, 11) is -3.78. The van der Waals surface area contributed by atoms with Crippen molar-refractivity contribution in [1.29, 1.82) is 0 Å². The summed E-state index contributed by atoms with van der Waals surface area (Å²) in [6.45, 7) is 2.08. The highest BCUT2D eigenvalue weighted by atomic mass is 32.2. The van der Waals surface area contributed by atoms with Gasteiger partial charge in [-0.05, 0) is 60.2 Å². The highest BCUT2D eigenvalue weighted by Crippen LogP contribution is 2.55. The molecule has 0 spiro atoms. The second kappa shape index (κ2) is 9.62. The molecule has 36 heavy (non-hydrogen) atoms. The molecule has 1 aliphatic carbocycles. The first kappa shape index (κ1) is 23.8. The first-order chi connectivity index (χ1) is 17.4. The predicted molar refractivity (Wildman–Crippen MR) is 138 cm³/mol. The molecule has 4 aromatic rings. The minimum absolute atomic E-state index is 0.0167. The van der Waals surface area contributed by atoms with Crippen LogP contribution in [-0.4, -0.2) is 29.3 Å². The molecule has 1 saturated carbocycles. The largest absolute Gasteiger partial charge is 0.478 e. The molecule has 0 unspecified atom stereocenters. The Balaban J connectivity index is 1.44. The SMILES string of the molecule is CCCc1ccc(S(=O)(=O)Nc2cccc(-n3ncc(C(=O)O)c3[C@H]3C[C@@H]3c3ccccc3)c2)cc1. The van der Waals surface area contributed by atoms with Crippen LogP contribution in [0.2, 0.25) is 0 Å². The van der Waals surface area contributed by atoms with Crippen LogP contribution in [0.3, 0.4) is 0 Å². The number of carbonyl (C=O) groups is 1. The molecular formula is C28H27N3O4S. The van der Waals surface area contributed by atoms with Crippen LogP contribution in [0.1, 0.15) is 58.8 Å². The van der Waals surface area contributed by atoms with Gasteiger partial charge in [0.1, 0.15) is 5.56 Å². The molecule has 1 heterocycles. The number of sulfonamides is 1. The smallest absolute Gasteiger partial charge is 0.339 e. The molecule has 1 aromatic heterocycles. The van der Waals surface area contributed by atoms with Crippen LogP contribution in [0.15, 0.2) is 90.0 Å².